The topological polar surface area (TPSA) is 43.4 Å². The van der Waals surface area contributed by atoms with Crippen molar-refractivity contribution in [2.45, 2.75) is 38.4 Å². The summed E-state index contributed by atoms with van der Waals surface area (Å²) in [7, 11) is 3.37. The molecule has 5 heteroatoms. The van der Waals surface area contributed by atoms with Crippen LogP contribution in [-0.4, -0.2) is 15.5 Å². The molecule has 0 unspecified atom stereocenters. The number of aryl methyl sites for hydroxylation is 1. The standard InChI is InChI=1S/C13H17ClO3S/c1-9-11-6-4-3-5-10(11)7-13(17-2)12(9)8-18(14,15)16/h7H,3-6,8H2,1-2H3. The molecule has 3 nitrogen and oxygen atoms in total. The highest BCUT2D eigenvalue weighted by molar-refractivity contribution is 8.13. The third kappa shape index (κ3) is 2.81. The first kappa shape index (κ1) is 13.7. The van der Waals surface area contributed by atoms with E-state index in [1.807, 2.05) is 13.0 Å². The summed E-state index contributed by atoms with van der Waals surface area (Å²) in [6.07, 6.45) is 4.40. The number of benzene rings is 1. The molecule has 0 aromatic heterocycles. The van der Waals surface area contributed by atoms with Gasteiger partial charge in [-0.25, -0.2) is 8.42 Å². The van der Waals surface area contributed by atoms with Gasteiger partial charge in [0.25, 0.3) is 0 Å². The van der Waals surface area contributed by atoms with Crippen LogP contribution >= 0.6 is 10.7 Å². The van der Waals surface area contributed by atoms with Crippen LogP contribution in [0.4, 0.5) is 0 Å². The molecule has 1 aromatic carbocycles. The van der Waals surface area contributed by atoms with Gasteiger partial charge in [-0.3, -0.25) is 0 Å². The maximum atomic E-state index is 11.3. The van der Waals surface area contributed by atoms with Gasteiger partial charge in [-0.05, 0) is 55.4 Å². The Morgan fingerprint density at radius 1 is 1.33 bits per heavy atom. The van der Waals surface area contributed by atoms with Crippen LogP contribution in [0.2, 0.25) is 0 Å². The van der Waals surface area contributed by atoms with Crippen molar-refractivity contribution in [3.63, 3.8) is 0 Å². The first-order valence-corrected chi connectivity index (χ1v) is 8.51. The smallest absolute Gasteiger partial charge is 0.236 e. The Morgan fingerprint density at radius 2 is 2.00 bits per heavy atom. The summed E-state index contributed by atoms with van der Waals surface area (Å²) in [6.45, 7) is 1.96. The molecule has 0 atom stereocenters. The van der Waals surface area contributed by atoms with Crippen LogP contribution in [0.3, 0.4) is 0 Å². The molecule has 1 aromatic rings. The first-order chi connectivity index (χ1) is 8.42. The van der Waals surface area contributed by atoms with Crippen LogP contribution in [-0.2, 0) is 27.6 Å². The zero-order valence-electron chi connectivity index (χ0n) is 10.6. The van der Waals surface area contributed by atoms with Crippen molar-refractivity contribution in [2.24, 2.45) is 0 Å². The second kappa shape index (κ2) is 5.10. The molecule has 2 rings (SSSR count). The fourth-order valence-electron chi connectivity index (χ4n) is 2.66. The average molecular weight is 289 g/mol. The molecule has 0 spiro atoms. The van der Waals surface area contributed by atoms with Gasteiger partial charge in [0.2, 0.25) is 9.05 Å². The Hall–Kier alpha value is -0.740. The Balaban J connectivity index is 2.56. The lowest BCUT2D eigenvalue weighted by molar-refractivity contribution is 0.409. The Bertz CT molecular complexity index is 564. The molecule has 0 saturated heterocycles. The molecule has 0 saturated carbocycles. The second-order valence-corrected chi connectivity index (χ2v) is 7.49. The minimum Gasteiger partial charge on any atom is -0.496 e. The van der Waals surface area contributed by atoms with E-state index >= 15 is 0 Å². The monoisotopic (exact) mass is 288 g/mol. The maximum Gasteiger partial charge on any atom is 0.236 e. The number of hydrogen-bond donors (Lipinski definition) is 0. The third-order valence-corrected chi connectivity index (χ3v) is 4.52. The highest BCUT2D eigenvalue weighted by atomic mass is 35.7. The second-order valence-electron chi connectivity index (χ2n) is 4.71. The zero-order valence-corrected chi connectivity index (χ0v) is 12.2. The molecule has 0 aliphatic heterocycles. The van der Waals surface area contributed by atoms with Crippen molar-refractivity contribution in [1.29, 1.82) is 0 Å². The molecule has 0 heterocycles. The van der Waals surface area contributed by atoms with Crippen LogP contribution in [0.1, 0.15) is 35.1 Å². The van der Waals surface area contributed by atoms with E-state index in [0.717, 1.165) is 24.8 Å². The normalized spacial score (nSPS) is 15.3. The summed E-state index contributed by atoms with van der Waals surface area (Å²) in [5.41, 5.74) is 4.28. The van der Waals surface area contributed by atoms with E-state index in [1.165, 1.54) is 17.5 Å². The summed E-state index contributed by atoms with van der Waals surface area (Å²) < 4.78 is 27.9. The number of halogens is 1. The van der Waals surface area contributed by atoms with Crippen molar-refractivity contribution in [2.75, 3.05) is 7.11 Å². The number of fused-ring (bicyclic) bond motifs is 1. The molecule has 0 N–H and O–H groups in total. The van der Waals surface area contributed by atoms with Crippen LogP contribution in [0.15, 0.2) is 6.07 Å². The quantitative estimate of drug-likeness (QED) is 0.803. The highest BCUT2D eigenvalue weighted by Crippen LogP contribution is 2.34. The molecule has 100 valence electrons. The number of methoxy groups -OCH3 is 1. The van der Waals surface area contributed by atoms with E-state index in [9.17, 15) is 8.42 Å². The Morgan fingerprint density at radius 3 is 2.61 bits per heavy atom. The molecular weight excluding hydrogens is 272 g/mol. The minimum atomic E-state index is -3.57. The number of ether oxygens (including phenoxy) is 1. The molecular formula is C13H17ClO3S. The first-order valence-electron chi connectivity index (χ1n) is 6.03. The van der Waals surface area contributed by atoms with Gasteiger partial charge in [-0.15, -0.1) is 0 Å². The predicted octanol–water partition coefficient (Wildman–Crippen LogP) is 2.95. The van der Waals surface area contributed by atoms with Crippen molar-refractivity contribution < 1.29 is 13.2 Å². The minimum absolute atomic E-state index is 0.170. The van der Waals surface area contributed by atoms with Crippen molar-refractivity contribution in [1.82, 2.24) is 0 Å². The zero-order chi connectivity index (χ0) is 13.3. The van der Waals surface area contributed by atoms with Gasteiger partial charge in [0.15, 0.2) is 0 Å². The number of rotatable bonds is 3. The highest BCUT2D eigenvalue weighted by Gasteiger charge is 2.21. The summed E-state index contributed by atoms with van der Waals surface area (Å²) in [5, 5.41) is 0. The molecule has 0 bridgehead atoms. The van der Waals surface area contributed by atoms with E-state index in [4.69, 9.17) is 15.4 Å². The van der Waals surface area contributed by atoms with Crippen LogP contribution < -0.4 is 4.74 Å². The molecule has 18 heavy (non-hydrogen) atoms. The number of hydrogen-bond acceptors (Lipinski definition) is 3. The Labute approximate surface area is 113 Å². The summed E-state index contributed by atoms with van der Waals surface area (Å²) in [5.74, 6) is 0.467. The molecule has 0 fully saturated rings. The molecule has 1 aliphatic carbocycles. The van der Waals surface area contributed by atoms with E-state index in [0.29, 0.717) is 11.3 Å². The van der Waals surface area contributed by atoms with Crippen LogP contribution in [0.5, 0.6) is 5.75 Å². The van der Waals surface area contributed by atoms with Crippen molar-refractivity contribution in [3.8, 4) is 5.75 Å². The van der Waals surface area contributed by atoms with Gasteiger partial charge in [0, 0.05) is 16.2 Å². The SMILES string of the molecule is COc1cc2c(c(C)c1CS(=O)(=O)Cl)CCCC2. The Kier molecular flexibility index (Phi) is 3.87. The fraction of sp³-hybridized carbons (Fsp3) is 0.538. The molecule has 0 radical (unpaired) electrons. The van der Waals surface area contributed by atoms with Crippen molar-refractivity contribution in [3.05, 3.63) is 28.3 Å². The summed E-state index contributed by atoms with van der Waals surface area (Å²) in [4.78, 5) is 0. The van der Waals surface area contributed by atoms with E-state index in [1.54, 1.807) is 7.11 Å². The lowest BCUT2D eigenvalue weighted by Crippen LogP contribution is -2.10. The third-order valence-electron chi connectivity index (χ3n) is 3.56. The van der Waals surface area contributed by atoms with Gasteiger partial charge >= 0.3 is 0 Å². The largest absolute Gasteiger partial charge is 0.496 e. The van der Waals surface area contributed by atoms with Gasteiger partial charge in [-0.2, -0.15) is 0 Å². The summed E-state index contributed by atoms with van der Waals surface area (Å²) in [6, 6.07) is 1.97. The van der Waals surface area contributed by atoms with Gasteiger partial charge in [0.1, 0.15) is 5.75 Å². The van der Waals surface area contributed by atoms with Crippen molar-refractivity contribution >= 4 is 19.7 Å². The van der Waals surface area contributed by atoms with E-state index < -0.39 is 9.05 Å². The maximum absolute atomic E-state index is 11.3. The van der Waals surface area contributed by atoms with Crippen LogP contribution in [0.25, 0.3) is 0 Å². The van der Waals surface area contributed by atoms with Crippen LogP contribution in [0, 0.1) is 6.92 Å². The lowest BCUT2D eigenvalue weighted by atomic mass is 9.86. The lowest BCUT2D eigenvalue weighted by Gasteiger charge is -2.22. The molecule has 0 amide bonds. The van der Waals surface area contributed by atoms with Gasteiger partial charge < -0.3 is 4.74 Å². The van der Waals surface area contributed by atoms with Gasteiger partial charge in [-0.1, -0.05) is 0 Å². The molecule has 1 aliphatic rings. The fourth-order valence-corrected chi connectivity index (χ4v) is 3.69. The summed E-state index contributed by atoms with van der Waals surface area (Å²) >= 11 is 0. The van der Waals surface area contributed by atoms with E-state index in [2.05, 4.69) is 0 Å². The van der Waals surface area contributed by atoms with Gasteiger partial charge in [0.05, 0.1) is 12.9 Å². The predicted molar refractivity (Wildman–Crippen MR) is 72.8 cm³/mol. The average Bonchev–Trinajstić information content (AvgIpc) is 2.31. The van der Waals surface area contributed by atoms with E-state index in [-0.39, 0.29) is 5.75 Å².